The van der Waals surface area contributed by atoms with Crippen LogP contribution in [0.4, 0.5) is 5.95 Å². The van der Waals surface area contributed by atoms with Gasteiger partial charge in [-0.05, 0) is 6.07 Å². The van der Waals surface area contributed by atoms with Crippen LogP contribution in [-0.4, -0.2) is 47.0 Å². The first kappa shape index (κ1) is 17.7. The molecule has 3 aromatic rings. The average molecular weight is 381 g/mol. The van der Waals surface area contributed by atoms with Crippen LogP contribution in [-0.2, 0) is 4.79 Å². The van der Waals surface area contributed by atoms with E-state index in [1.54, 1.807) is 0 Å². The molecule has 0 bridgehead atoms. The van der Waals surface area contributed by atoms with Gasteiger partial charge in [0.05, 0.1) is 5.52 Å². The van der Waals surface area contributed by atoms with E-state index in [-0.39, 0.29) is 5.91 Å². The lowest BCUT2D eigenvalue weighted by atomic mass is 10.0. The number of aromatic nitrogens is 2. The summed E-state index contributed by atoms with van der Waals surface area (Å²) in [6.45, 7) is 4.80. The number of hydrogen-bond donors (Lipinski definition) is 0. The summed E-state index contributed by atoms with van der Waals surface area (Å²) in [4.78, 5) is 25.3. The fourth-order valence-electron chi connectivity index (χ4n) is 3.48. The molecule has 2 heterocycles. The molecule has 1 amide bonds. The summed E-state index contributed by atoms with van der Waals surface area (Å²) in [6.07, 6.45) is 2.41. The molecule has 27 heavy (non-hydrogen) atoms. The van der Waals surface area contributed by atoms with Crippen molar-refractivity contribution >= 4 is 34.4 Å². The average Bonchev–Trinajstić information content (AvgIpc) is 2.73. The van der Waals surface area contributed by atoms with Gasteiger partial charge in [0.15, 0.2) is 0 Å². The van der Waals surface area contributed by atoms with Gasteiger partial charge >= 0.3 is 0 Å². The van der Waals surface area contributed by atoms with Crippen molar-refractivity contribution in [2.75, 3.05) is 31.1 Å². The van der Waals surface area contributed by atoms with Gasteiger partial charge in [-0.1, -0.05) is 54.9 Å². The predicted octanol–water partition coefficient (Wildman–Crippen LogP) is 4.01. The molecule has 1 aromatic heterocycles. The van der Waals surface area contributed by atoms with Crippen molar-refractivity contribution in [3.63, 3.8) is 0 Å². The third-order valence-corrected chi connectivity index (χ3v) is 5.31. The molecule has 0 saturated carbocycles. The summed E-state index contributed by atoms with van der Waals surface area (Å²) in [7, 11) is 0. The van der Waals surface area contributed by atoms with Crippen LogP contribution in [0.2, 0.25) is 5.02 Å². The molecule has 0 spiro atoms. The van der Waals surface area contributed by atoms with Crippen molar-refractivity contribution in [3.05, 3.63) is 53.7 Å². The molecule has 0 N–H and O–H groups in total. The number of amides is 1. The van der Waals surface area contributed by atoms with Gasteiger partial charge in [-0.3, -0.25) is 4.79 Å². The molecule has 0 radical (unpaired) electrons. The molecule has 2 aromatic carbocycles. The number of anilines is 1. The Morgan fingerprint density at radius 1 is 1.04 bits per heavy atom. The van der Waals surface area contributed by atoms with Crippen molar-refractivity contribution in [2.24, 2.45) is 0 Å². The maximum Gasteiger partial charge on any atom is 0.226 e. The highest BCUT2D eigenvalue weighted by molar-refractivity contribution is 6.33. The number of halogens is 1. The van der Waals surface area contributed by atoms with Crippen LogP contribution in [0.1, 0.15) is 13.3 Å². The number of rotatable bonds is 3. The second-order valence-electron chi connectivity index (χ2n) is 6.61. The molecule has 0 unspecified atom stereocenters. The molecular weight excluding hydrogens is 360 g/mol. The highest BCUT2D eigenvalue weighted by Crippen LogP contribution is 2.32. The number of fused-ring (bicyclic) bond motifs is 1. The summed E-state index contributed by atoms with van der Waals surface area (Å²) in [5, 5.41) is 1.69. The quantitative estimate of drug-likeness (QED) is 0.688. The smallest absolute Gasteiger partial charge is 0.226 e. The van der Waals surface area contributed by atoms with E-state index < -0.39 is 0 Å². The normalized spacial score (nSPS) is 14.6. The minimum atomic E-state index is 0.204. The lowest BCUT2D eigenvalue weighted by Crippen LogP contribution is -2.49. The number of carbonyl (C=O) groups excluding carboxylic acids is 1. The highest BCUT2D eigenvalue weighted by Gasteiger charge is 2.22. The van der Waals surface area contributed by atoms with Crippen molar-refractivity contribution in [3.8, 4) is 11.1 Å². The van der Waals surface area contributed by atoms with Gasteiger partial charge in [0.25, 0.3) is 0 Å². The zero-order valence-corrected chi connectivity index (χ0v) is 16.0. The number of piperazine rings is 1. The molecule has 4 rings (SSSR count). The van der Waals surface area contributed by atoms with Crippen molar-refractivity contribution in [1.82, 2.24) is 14.9 Å². The van der Waals surface area contributed by atoms with E-state index in [2.05, 4.69) is 9.88 Å². The standard InChI is InChI=1S/C21H21ClN4O/c1-2-19(27)25-10-12-26(13-11-25)21-23-14-15-6-5-8-17(20(15)24-21)16-7-3-4-9-18(16)22/h3-9,14H,2,10-13H2,1H3. The Balaban J connectivity index is 1.68. The van der Waals surface area contributed by atoms with E-state index >= 15 is 0 Å². The molecule has 6 heteroatoms. The lowest BCUT2D eigenvalue weighted by molar-refractivity contribution is -0.131. The Morgan fingerprint density at radius 3 is 2.52 bits per heavy atom. The molecule has 138 valence electrons. The fraction of sp³-hybridized carbons (Fsp3) is 0.286. The third-order valence-electron chi connectivity index (χ3n) is 4.98. The Bertz CT molecular complexity index is 983. The predicted molar refractivity (Wildman–Crippen MR) is 109 cm³/mol. The van der Waals surface area contributed by atoms with E-state index in [9.17, 15) is 4.79 Å². The van der Waals surface area contributed by atoms with E-state index in [1.165, 1.54) is 0 Å². The Morgan fingerprint density at radius 2 is 1.78 bits per heavy atom. The summed E-state index contributed by atoms with van der Waals surface area (Å²) >= 11 is 6.42. The summed E-state index contributed by atoms with van der Waals surface area (Å²) in [5.74, 6) is 0.903. The van der Waals surface area contributed by atoms with Gasteiger partial charge < -0.3 is 9.80 Å². The lowest BCUT2D eigenvalue weighted by Gasteiger charge is -2.34. The van der Waals surface area contributed by atoms with Crippen LogP contribution in [0.3, 0.4) is 0 Å². The number of hydrogen-bond acceptors (Lipinski definition) is 4. The highest BCUT2D eigenvalue weighted by atomic mass is 35.5. The van der Waals surface area contributed by atoms with Crippen LogP contribution in [0.15, 0.2) is 48.7 Å². The van der Waals surface area contributed by atoms with E-state index in [4.69, 9.17) is 16.6 Å². The van der Waals surface area contributed by atoms with Crippen LogP contribution >= 0.6 is 11.6 Å². The van der Waals surface area contributed by atoms with Gasteiger partial charge in [-0.15, -0.1) is 0 Å². The molecule has 1 saturated heterocycles. The van der Waals surface area contributed by atoms with Crippen molar-refractivity contribution in [2.45, 2.75) is 13.3 Å². The SMILES string of the molecule is CCC(=O)N1CCN(c2ncc3cccc(-c4ccccc4Cl)c3n2)CC1. The molecular formula is C21H21ClN4O. The fourth-order valence-corrected chi connectivity index (χ4v) is 3.71. The Kier molecular flexibility index (Phi) is 4.94. The number of para-hydroxylation sites is 1. The first-order chi connectivity index (χ1) is 13.2. The summed E-state index contributed by atoms with van der Waals surface area (Å²) in [6, 6.07) is 13.9. The van der Waals surface area contributed by atoms with Crippen LogP contribution in [0, 0.1) is 0 Å². The van der Waals surface area contributed by atoms with Gasteiger partial charge in [-0.25, -0.2) is 9.97 Å². The topological polar surface area (TPSA) is 49.3 Å². The third kappa shape index (κ3) is 3.47. The molecule has 0 aliphatic carbocycles. The monoisotopic (exact) mass is 380 g/mol. The largest absolute Gasteiger partial charge is 0.339 e. The van der Waals surface area contributed by atoms with E-state index in [0.29, 0.717) is 30.5 Å². The zero-order valence-electron chi connectivity index (χ0n) is 15.2. The van der Waals surface area contributed by atoms with Crippen LogP contribution in [0.25, 0.3) is 22.0 Å². The minimum absolute atomic E-state index is 0.204. The summed E-state index contributed by atoms with van der Waals surface area (Å²) in [5.41, 5.74) is 2.86. The minimum Gasteiger partial charge on any atom is -0.339 e. The number of benzene rings is 2. The Labute approximate surface area is 163 Å². The zero-order chi connectivity index (χ0) is 18.8. The second kappa shape index (κ2) is 7.53. The van der Waals surface area contributed by atoms with E-state index in [0.717, 1.165) is 35.1 Å². The van der Waals surface area contributed by atoms with Crippen molar-refractivity contribution < 1.29 is 4.79 Å². The van der Waals surface area contributed by atoms with Gasteiger partial charge in [0, 0.05) is 60.3 Å². The maximum atomic E-state index is 11.9. The van der Waals surface area contributed by atoms with Gasteiger partial charge in [0.2, 0.25) is 11.9 Å². The molecule has 1 fully saturated rings. The van der Waals surface area contributed by atoms with Crippen LogP contribution < -0.4 is 4.90 Å². The summed E-state index contributed by atoms with van der Waals surface area (Å²) < 4.78 is 0. The molecule has 0 atom stereocenters. The number of carbonyl (C=O) groups is 1. The Hall–Kier alpha value is -2.66. The first-order valence-electron chi connectivity index (χ1n) is 9.20. The van der Waals surface area contributed by atoms with Crippen molar-refractivity contribution in [1.29, 1.82) is 0 Å². The maximum absolute atomic E-state index is 11.9. The van der Waals surface area contributed by atoms with Crippen LogP contribution in [0.5, 0.6) is 0 Å². The van der Waals surface area contributed by atoms with Gasteiger partial charge in [-0.2, -0.15) is 0 Å². The molecule has 5 nitrogen and oxygen atoms in total. The first-order valence-corrected chi connectivity index (χ1v) is 9.58. The number of nitrogens with zero attached hydrogens (tertiary/aromatic N) is 4. The molecule has 1 aliphatic rings. The molecule has 1 aliphatic heterocycles. The second-order valence-corrected chi connectivity index (χ2v) is 7.02. The van der Waals surface area contributed by atoms with E-state index in [1.807, 2.05) is 60.5 Å². The van der Waals surface area contributed by atoms with Gasteiger partial charge in [0.1, 0.15) is 0 Å².